The van der Waals surface area contributed by atoms with Gasteiger partial charge >= 0.3 is 0 Å². The predicted molar refractivity (Wildman–Crippen MR) is 120 cm³/mol. The summed E-state index contributed by atoms with van der Waals surface area (Å²) in [5, 5.41) is 11.0. The third-order valence-corrected chi connectivity index (χ3v) is 4.05. The minimum absolute atomic E-state index is 0.298. The van der Waals surface area contributed by atoms with Gasteiger partial charge in [0, 0.05) is 13.8 Å². The lowest BCUT2D eigenvalue weighted by Gasteiger charge is -2.21. The van der Waals surface area contributed by atoms with Crippen LogP contribution in [0, 0.1) is 0 Å². The van der Waals surface area contributed by atoms with Crippen molar-refractivity contribution in [3.8, 4) is 0 Å². The highest BCUT2D eigenvalue weighted by molar-refractivity contribution is 6.05. The van der Waals surface area contributed by atoms with E-state index < -0.39 is 0 Å². The van der Waals surface area contributed by atoms with Crippen molar-refractivity contribution in [3.05, 3.63) is 108 Å². The number of carbonyl (C=O) groups excluding carboxylic acids is 2. The van der Waals surface area contributed by atoms with E-state index in [2.05, 4.69) is 5.16 Å². The number of hydrogen-bond donors (Lipinski definition) is 1. The van der Waals surface area contributed by atoms with Crippen LogP contribution in [0.15, 0.2) is 96.2 Å². The highest BCUT2D eigenvalue weighted by Crippen LogP contribution is 2.23. The Labute approximate surface area is 176 Å². The number of imide groups is 1. The van der Waals surface area contributed by atoms with Gasteiger partial charge in [-0.05, 0) is 22.8 Å². The first-order valence-corrected chi connectivity index (χ1v) is 9.39. The van der Waals surface area contributed by atoms with Crippen molar-refractivity contribution in [2.75, 3.05) is 0 Å². The molecule has 2 amide bonds. The molecule has 0 aliphatic carbocycles. The number of amides is 2. The van der Waals surface area contributed by atoms with E-state index in [-0.39, 0.29) is 11.8 Å². The Morgan fingerprint density at radius 2 is 1.17 bits per heavy atom. The van der Waals surface area contributed by atoms with Crippen LogP contribution in [-0.4, -0.2) is 28.1 Å². The third kappa shape index (κ3) is 6.87. The third-order valence-electron chi connectivity index (χ3n) is 4.05. The fourth-order valence-corrected chi connectivity index (χ4v) is 2.76. The van der Waals surface area contributed by atoms with Crippen LogP contribution in [-0.2, 0) is 9.59 Å². The van der Waals surface area contributed by atoms with Crippen LogP contribution in [0.25, 0.3) is 11.8 Å². The number of benzene rings is 3. The van der Waals surface area contributed by atoms with Crippen molar-refractivity contribution in [2.24, 2.45) is 5.16 Å². The van der Waals surface area contributed by atoms with Crippen LogP contribution in [0.4, 0.5) is 0 Å². The first-order valence-electron chi connectivity index (χ1n) is 9.39. The summed E-state index contributed by atoms with van der Waals surface area (Å²) < 4.78 is 0. The van der Waals surface area contributed by atoms with Gasteiger partial charge in [0.25, 0.3) is 0 Å². The molecule has 3 aromatic carbocycles. The molecule has 1 N–H and O–H groups in total. The van der Waals surface area contributed by atoms with Crippen LogP contribution < -0.4 is 0 Å². The second-order valence-corrected chi connectivity index (χ2v) is 6.33. The number of oxime groups is 1. The van der Waals surface area contributed by atoms with E-state index >= 15 is 0 Å². The largest absolute Gasteiger partial charge is 0.411 e. The Morgan fingerprint density at radius 1 is 0.733 bits per heavy atom. The van der Waals surface area contributed by atoms with Crippen LogP contribution in [0.1, 0.15) is 30.5 Å². The van der Waals surface area contributed by atoms with Gasteiger partial charge in [-0.15, -0.1) is 0 Å². The van der Waals surface area contributed by atoms with Crippen LogP contribution >= 0.6 is 0 Å². The van der Waals surface area contributed by atoms with Crippen LogP contribution in [0.2, 0.25) is 0 Å². The number of rotatable bonds is 4. The molecule has 0 saturated heterocycles. The van der Waals surface area contributed by atoms with E-state index in [0.717, 1.165) is 16.7 Å². The van der Waals surface area contributed by atoms with E-state index in [1.807, 2.05) is 97.1 Å². The molecular weight excluding hydrogens is 376 g/mol. The molecule has 0 aromatic heterocycles. The smallest absolute Gasteiger partial charge is 0.230 e. The summed E-state index contributed by atoms with van der Waals surface area (Å²) in [5.41, 5.74) is 3.25. The molecule has 5 nitrogen and oxygen atoms in total. The summed E-state index contributed by atoms with van der Waals surface area (Å²) in [6.07, 6.45) is 3.23. The molecule has 0 radical (unpaired) electrons. The van der Waals surface area contributed by atoms with Gasteiger partial charge < -0.3 is 5.21 Å². The van der Waals surface area contributed by atoms with E-state index in [1.165, 1.54) is 25.0 Å². The molecule has 3 rings (SSSR count). The first kappa shape index (κ1) is 22.3. The molecule has 0 aliphatic rings. The van der Waals surface area contributed by atoms with Gasteiger partial charge in [-0.3, -0.25) is 14.5 Å². The zero-order chi connectivity index (χ0) is 21.8. The molecule has 5 heteroatoms. The van der Waals surface area contributed by atoms with Crippen LogP contribution in [0.3, 0.4) is 0 Å². The van der Waals surface area contributed by atoms with E-state index in [0.29, 0.717) is 5.70 Å². The fraction of sp³-hybridized carbons (Fsp3) is 0.0800. The SMILES string of the molecule is CC(=O)N(C(C)=O)C(=Cc1ccccc1)c1ccccc1.ON=Cc1ccccc1. The molecule has 30 heavy (non-hydrogen) atoms. The second-order valence-electron chi connectivity index (χ2n) is 6.33. The number of hydrogen-bond acceptors (Lipinski definition) is 4. The summed E-state index contributed by atoms with van der Waals surface area (Å²) in [4.78, 5) is 24.9. The lowest BCUT2D eigenvalue weighted by molar-refractivity contribution is -0.137. The standard InChI is InChI=1S/C18H17NO2.C7H7NO/c1-14(20)19(15(2)21)18(17-11-7-4-8-12-17)13-16-9-5-3-6-10-16;9-8-6-7-4-2-1-3-5-7/h3-13H,1-2H3;1-6,9H. The maximum atomic E-state index is 11.9. The Bertz CT molecular complexity index is 984. The Morgan fingerprint density at radius 3 is 1.60 bits per heavy atom. The average molecular weight is 400 g/mol. The molecule has 0 atom stereocenters. The molecule has 0 unspecified atom stereocenters. The fourth-order valence-electron chi connectivity index (χ4n) is 2.76. The molecule has 0 aliphatic heterocycles. The first-order chi connectivity index (χ1) is 14.5. The maximum absolute atomic E-state index is 11.9. The Hall–Kier alpha value is -3.99. The zero-order valence-electron chi connectivity index (χ0n) is 17.0. The van der Waals surface area contributed by atoms with Crippen molar-refractivity contribution in [3.63, 3.8) is 0 Å². The zero-order valence-corrected chi connectivity index (χ0v) is 17.0. The second kappa shape index (κ2) is 11.8. The predicted octanol–water partition coefficient (Wildman–Crippen LogP) is 5.07. The van der Waals surface area contributed by atoms with Crippen LogP contribution in [0.5, 0.6) is 0 Å². The summed E-state index contributed by atoms with van der Waals surface area (Å²) in [6.45, 7) is 2.78. The van der Waals surface area contributed by atoms with Gasteiger partial charge in [-0.25, -0.2) is 0 Å². The molecule has 0 spiro atoms. The molecule has 0 saturated carbocycles. The Kier molecular flexibility index (Phi) is 8.74. The lowest BCUT2D eigenvalue weighted by Crippen LogP contribution is -2.31. The van der Waals surface area contributed by atoms with Crippen molar-refractivity contribution >= 4 is 29.8 Å². The van der Waals surface area contributed by atoms with Crippen molar-refractivity contribution in [1.82, 2.24) is 4.90 Å². The molecule has 3 aromatic rings. The van der Waals surface area contributed by atoms with Crippen molar-refractivity contribution < 1.29 is 14.8 Å². The molecule has 152 valence electrons. The monoisotopic (exact) mass is 400 g/mol. The van der Waals surface area contributed by atoms with Gasteiger partial charge in [-0.1, -0.05) is 96.2 Å². The minimum atomic E-state index is -0.298. The summed E-state index contributed by atoms with van der Waals surface area (Å²) in [6, 6.07) is 28.5. The highest BCUT2D eigenvalue weighted by Gasteiger charge is 2.20. The lowest BCUT2D eigenvalue weighted by atomic mass is 10.1. The normalized spacial score (nSPS) is 10.8. The molecular formula is C25H24N2O3. The minimum Gasteiger partial charge on any atom is -0.411 e. The molecule has 0 bridgehead atoms. The van der Waals surface area contributed by atoms with E-state index in [4.69, 9.17) is 5.21 Å². The molecule has 0 fully saturated rings. The Balaban J connectivity index is 0.000000297. The van der Waals surface area contributed by atoms with Gasteiger partial charge in [0.1, 0.15) is 0 Å². The molecule has 0 heterocycles. The summed E-state index contributed by atoms with van der Waals surface area (Å²) >= 11 is 0. The highest BCUT2D eigenvalue weighted by atomic mass is 16.4. The van der Waals surface area contributed by atoms with Gasteiger partial charge in [-0.2, -0.15) is 0 Å². The quantitative estimate of drug-likeness (QED) is 0.288. The van der Waals surface area contributed by atoms with Crippen molar-refractivity contribution in [1.29, 1.82) is 0 Å². The topological polar surface area (TPSA) is 70.0 Å². The van der Waals surface area contributed by atoms with Gasteiger partial charge in [0.15, 0.2) is 0 Å². The number of carbonyl (C=O) groups is 2. The number of nitrogens with zero attached hydrogens (tertiary/aromatic N) is 2. The summed E-state index contributed by atoms with van der Waals surface area (Å²) in [7, 11) is 0. The van der Waals surface area contributed by atoms with E-state index in [9.17, 15) is 9.59 Å². The average Bonchev–Trinajstić information content (AvgIpc) is 2.76. The van der Waals surface area contributed by atoms with Crippen molar-refractivity contribution in [2.45, 2.75) is 13.8 Å². The van der Waals surface area contributed by atoms with E-state index in [1.54, 1.807) is 0 Å². The van der Waals surface area contributed by atoms with Gasteiger partial charge in [0.05, 0.1) is 11.9 Å². The summed E-state index contributed by atoms with van der Waals surface area (Å²) in [5.74, 6) is -0.595. The van der Waals surface area contributed by atoms with Gasteiger partial charge in [0.2, 0.25) is 11.8 Å². The maximum Gasteiger partial charge on any atom is 0.230 e.